The summed E-state index contributed by atoms with van der Waals surface area (Å²) in [4.78, 5) is 18.4. The highest BCUT2D eigenvalue weighted by Crippen LogP contribution is 2.18. The van der Waals surface area contributed by atoms with Crippen molar-refractivity contribution in [2.24, 2.45) is 10.9 Å². The van der Waals surface area contributed by atoms with Crippen molar-refractivity contribution < 1.29 is 14.3 Å². The standard InChI is InChI=1S/C20H31N3O3.HI/c1-4-21-20(23(2)12-9-16-10-13-26-14-11-16)22-15-17-5-7-18(8-6-17)19(24)25-3;/h5-8,16H,4,9-15H2,1-3H3,(H,21,22);1H. The molecule has 0 bridgehead atoms. The summed E-state index contributed by atoms with van der Waals surface area (Å²) in [7, 11) is 3.47. The Balaban J connectivity index is 0.00000364. The molecule has 0 amide bonds. The van der Waals surface area contributed by atoms with Crippen molar-refractivity contribution in [1.29, 1.82) is 0 Å². The summed E-state index contributed by atoms with van der Waals surface area (Å²) in [5, 5.41) is 3.36. The lowest BCUT2D eigenvalue weighted by atomic mass is 9.96. The number of hydrogen-bond donors (Lipinski definition) is 1. The zero-order valence-electron chi connectivity index (χ0n) is 16.6. The summed E-state index contributed by atoms with van der Waals surface area (Å²) < 4.78 is 10.2. The molecule has 0 atom stereocenters. The van der Waals surface area contributed by atoms with Gasteiger partial charge in [-0.15, -0.1) is 24.0 Å². The molecule has 0 radical (unpaired) electrons. The van der Waals surface area contributed by atoms with Crippen LogP contribution in [0.2, 0.25) is 0 Å². The maximum atomic E-state index is 11.5. The zero-order valence-corrected chi connectivity index (χ0v) is 18.9. The van der Waals surface area contributed by atoms with Crippen LogP contribution in [-0.4, -0.2) is 57.3 Å². The molecule has 152 valence electrons. The van der Waals surface area contributed by atoms with Gasteiger partial charge in [0.1, 0.15) is 0 Å². The van der Waals surface area contributed by atoms with E-state index in [1.807, 2.05) is 12.1 Å². The minimum atomic E-state index is -0.318. The molecule has 1 aliphatic rings. The molecular weight excluding hydrogens is 457 g/mol. The zero-order chi connectivity index (χ0) is 18.8. The lowest BCUT2D eigenvalue weighted by Gasteiger charge is -2.26. The SMILES string of the molecule is CCNC(=NCc1ccc(C(=O)OC)cc1)N(C)CCC1CCOCC1.I. The van der Waals surface area contributed by atoms with E-state index in [0.717, 1.165) is 63.0 Å². The Hall–Kier alpha value is -1.35. The van der Waals surface area contributed by atoms with Crippen LogP contribution in [-0.2, 0) is 16.0 Å². The fourth-order valence-electron chi connectivity index (χ4n) is 3.02. The minimum Gasteiger partial charge on any atom is -0.465 e. The maximum absolute atomic E-state index is 11.5. The van der Waals surface area contributed by atoms with E-state index in [1.165, 1.54) is 7.11 Å². The van der Waals surface area contributed by atoms with Crippen LogP contribution in [0.15, 0.2) is 29.3 Å². The van der Waals surface area contributed by atoms with E-state index in [4.69, 9.17) is 14.5 Å². The van der Waals surface area contributed by atoms with Crippen molar-refractivity contribution in [2.45, 2.75) is 32.7 Å². The van der Waals surface area contributed by atoms with Gasteiger partial charge in [0.2, 0.25) is 0 Å². The van der Waals surface area contributed by atoms with Gasteiger partial charge in [-0.25, -0.2) is 9.79 Å². The first-order chi connectivity index (χ1) is 12.6. The number of rotatable bonds is 7. The number of carbonyl (C=O) groups is 1. The lowest BCUT2D eigenvalue weighted by molar-refractivity contribution is 0.0600. The monoisotopic (exact) mass is 489 g/mol. The Kier molecular flexibility index (Phi) is 11.3. The van der Waals surface area contributed by atoms with Crippen molar-refractivity contribution in [3.63, 3.8) is 0 Å². The number of halogens is 1. The van der Waals surface area contributed by atoms with Gasteiger partial charge in [-0.3, -0.25) is 0 Å². The number of carbonyl (C=O) groups excluding carboxylic acids is 1. The van der Waals surface area contributed by atoms with Crippen LogP contribution in [0.25, 0.3) is 0 Å². The van der Waals surface area contributed by atoms with Gasteiger partial charge < -0.3 is 19.7 Å². The van der Waals surface area contributed by atoms with Crippen LogP contribution in [0.3, 0.4) is 0 Å². The van der Waals surface area contributed by atoms with Crippen molar-refractivity contribution in [3.05, 3.63) is 35.4 Å². The second-order valence-electron chi connectivity index (χ2n) is 6.62. The van der Waals surface area contributed by atoms with Crippen LogP contribution in [0.1, 0.15) is 42.1 Å². The second-order valence-corrected chi connectivity index (χ2v) is 6.62. The fourth-order valence-corrected chi connectivity index (χ4v) is 3.02. The molecule has 0 aliphatic carbocycles. The topological polar surface area (TPSA) is 63.2 Å². The molecule has 1 heterocycles. The molecule has 1 aromatic rings. The van der Waals surface area contributed by atoms with Crippen LogP contribution in [0.4, 0.5) is 0 Å². The van der Waals surface area contributed by atoms with E-state index in [9.17, 15) is 4.79 Å². The molecule has 0 unspecified atom stereocenters. The predicted octanol–water partition coefficient (Wildman–Crippen LogP) is 3.31. The summed E-state index contributed by atoms with van der Waals surface area (Å²) in [6, 6.07) is 7.39. The summed E-state index contributed by atoms with van der Waals surface area (Å²) in [5.41, 5.74) is 1.62. The minimum absolute atomic E-state index is 0. The van der Waals surface area contributed by atoms with Gasteiger partial charge in [0.05, 0.1) is 19.2 Å². The van der Waals surface area contributed by atoms with E-state index in [-0.39, 0.29) is 29.9 Å². The van der Waals surface area contributed by atoms with Crippen molar-refractivity contribution in [2.75, 3.05) is 40.5 Å². The average molecular weight is 489 g/mol. The van der Waals surface area contributed by atoms with Crippen LogP contribution >= 0.6 is 24.0 Å². The summed E-state index contributed by atoms with van der Waals surface area (Å²) >= 11 is 0. The van der Waals surface area contributed by atoms with E-state index >= 15 is 0 Å². The first kappa shape index (κ1) is 23.7. The molecular formula is C20H32IN3O3. The van der Waals surface area contributed by atoms with Gasteiger partial charge in [0, 0.05) is 33.4 Å². The molecule has 1 aromatic carbocycles. The third-order valence-electron chi connectivity index (χ3n) is 4.70. The molecule has 2 rings (SSSR count). The highest BCUT2D eigenvalue weighted by atomic mass is 127. The molecule has 1 aliphatic heterocycles. The van der Waals surface area contributed by atoms with Crippen molar-refractivity contribution >= 4 is 35.9 Å². The summed E-state index contributed by atoms with van der Waals surface area (Å²) in [5.74, 6) is 1.35. The van der Waals surface area contributed by atoms with Gasteiger partial charge >= 0.3 is 5.97 Å². The predicted molar refractivity (Wildman–Crippen MR) is 119 cm³/mol. The van der Waals surface area contributed by atoms with Crippen molar-refractivity contribution in [3.8, 4) is 0 Å². The number of esters is 1. The normalized spacial score (nSPS) is 15.0. The number of hydrogen-bond acceptors (Lipinski definition) is 4. The quantitative estimate of drug-likeness (QED) is 0.276. The van der Waals surface area contributed by atoms with Crippen LogP contribution in [0.5, 0.6) is 0 Å². The molecule has 0 spiro atoms. The van der Waals surface area contributed by atoms with Gasteiger partial charge in [-0.05, 0) is 49.8 Å². The fraction of sp³-hybridized carbons (Fsp3) is 0.600. The van der Waals surface area contributed by atoms with E-state index in [1.54, 1.807) is 12.1 Å². The Morgan fingerprint density at radius 1 is 1.30 bits per heavy atom. The molecule has 0 aromatic heterocycles. The largest absolute Gasteiger partial charge is 0.465 e. The molecule has 27 heavy (non-hydrogen) atoms. The smallest absolute Gasteiger partial charge is 0.337 e. The molecule has 0 saturated carbocycles. The summed E-state index contributed by atoms with van der Waals surface area (Å²) in [6.45, 7) is 6.26. The third kappa shape index (κ3) is 8.04. The number of benzene rings is 1. The molecule has 6 nitrogen and oxygen atoms in total. The third-order valence-corrected chi connectivity index (χ3v) is 4.70. The number of aliphatic imine (C=N–C) groups is 1. The van der Waals surface area contributed by atoms with E-state index in [0.29, 0.717) is 12.1 Å². The van der Waals surface area contributed by atoms with Crippen LogP contribution in [0, 0.1) is 5.92 Å². The highest BCUT2D eigenvalue weighted by molar-refractivity contribution is 14.0. The van der Waals surface area contributed by atoms with Gasteiger partial charge in [-0.2, -0.15) is 0 Å². The molecule has 7 heteroatoms. The highest BCUT2D eigenvalue weighted by Gasteiger charge is 2.15. The van der Waals surface area contributed by atoms with Crippen molar-refractivity contribution in [1.82, 2.24) is 10.2 Å². The molecule has 1 saturated heterocycles. The maximum Gasteiger partial charge on any atom is 0.337 e. The Morgan fingerprint density at radius 2 is 1.96 bits per heavy atom. The van der Waals surface area contributed by atoms with Gasteiger partial charge in [-0.1, -0.05) is 12.1 Å². The number of nitrogens with zero attached hydrogens (tertiary/aromatic N) is 2. The van der Waals surface area contributed by atoms with Gasteiger partial charge in [0.25, 0.3) is 0 Å². The Bertz CT molecular complexity index is 587. The van der Waals surface area contributed by atoms with E-state index < -0.39 is 0 Å². The first-order valence-electron chi connectivity index (χ1n) is 9.38. The lowest BCUT2D eigenvalue weighted by Crippen LogP contribution is -2.40. The Labute approximate surface area is 179 Å². The van der Waals surface area contributed by atoms with E-state index in [2.05, 4.69) is 24.2 Å². The first-order valence-corrected chi connectivity index (χ1v) is 9.38. The number of nitrogens with one attached hydrogen (secondary N) is 1. The molecule has 1 N–H and O–H groups in total. The number of methoxy groups -OCH3 is 1. The van der Waals surface area contributed by atoms with Gasteiger partial charge in [0.15, 0.2) is 5.96 Å². The summed E-state index contributed by atoms with van der Waals surface area (Å²) in [6.07, 6.45) is 3.49. The Morgan fingerprint density at radius 3 is 2.56 bits per heavy atom. The average Bonchev–Trinajstić information content (AvgIpc) is 2.70. The number of ether oxygens (including phenoxy) is 2. The second kappa shape index (κ2) is 12.9. The molecule has 1 fully saturated rings. The van der Waals surface area contributed by atoms with Crippen LogP contribution < -0.4 is 5.32 Å². The number of guanidine groups is 1.